The zero-order valence-electron chi connectivity index (χ0n) is 11.4. The number of para-hydroxylation sites is 1. The molecule has 0 bridgehead atoms. The summed E-state index contributed by atoms with van der Waals surface area (Å²) in [6.07, 6.45) is 1.87. The van der Waals surface area contributed by atoms with E-state index >= 15 is 0 Å². The van der Waals surface area contributed by atoms with Crippen LogP contribution in [0.5, 0.6) is 11.5 Å². The van der Waals surface area contributed by atoms with Gasteiger partial charge in [0, 0.05) is 6.07 Å². The van der Waals surface area contributed by atoms with Crippen molar-refractivity contribution in [2.75, 3.05) is 24.7 Å². The Morgan fingerprint density at radius 2 is 1.35 bits per heavy atom. The molecule has 0 unspecified atom stereocenters. The highest BCUT2D eigenvalue weighted by atomic mass is 16.5. The first-order valence-electron chi connectivity index (χ1n) is 6.71. The van der Waals surface area contributed by atoms with E-state index in [1.54, 1.807) is 12.1 Å². The molecular weight excluding hydrogens is 252 g/mol. The van der Waals surface area contributed by atoms with Crippen molar-refractivity contribution in [2.45, 2.75) is 12.8 Å². The number of anilines is 2. The topological polar surface area (TPSA) is 70.5 Å². The van der Waals surface area contributed by atoms with E-state index in [0.29, 0.717) is 24.6 Å². The minimum Gasteiger partial charge on any atom is -0.494 e. The molecule has 4 N–H and O–H groups in total. The van der Waals surface area contributed by atoms with Crippen molar-refractivity contribution in [3.05, 3.63) is 48.5 Å². The molecule has 0 amide bonds. The molecule has 4 nitrogen and oxygen atoms in total. The van der Waals surface area contributed by atoms with Gasteiger partial charge in [0.15, 0.2) is 0 Å². The molecule has 0 spiro atoms. The van der Waals surface area contributed by atoms with E-state index in [9.17, 15) is 0 Å². The second-order valence-electron chi connectivity index (χ2n) is 4.51. The number of unbranched alkanes of at least 4 members (excludes halogenated alkanes) is 1. The van der Waals surface area contributed by atoms with Crippen LogP contribution in [-0.4, -0.2) is 13.2 Å². The van der Waals surface area contributed by atoms with Gasteiger partial charge in [-0.15, -0.1) is 0 Å². The van der Waals surface area contributed by atoms with Crippen LogP contribution in [0.4, 0.5) is 11.4 Å². The fourth-order valence-electron chi connectivity index (χ4n) is 1.74. The third kappa shape index (κ3) is 4.39. The summed E-state index contributed by atoms with van der Waals surface area (Å²) in [5, 5.41) is 0. The van der Waals surface area contributed by atoms with Gasteiger partial charge >= 0.3 is 0 Å². The Morgan fingerprint density at radius 3 is 2.00 bits per heavy atom. The Kier molecular flexibility index (Phi) is 5.12. The summed E-state index contributed by atoms with van der Waals surface area (Å²) in [5.41, 5.74) is 12.5. The summed E-state index contributed by atoms with van der Waals surface area (Å²) >= 11 is 0. The van der Waals surface area contributed by atoms with E-state index in [-0.39, 0.29) is 0 Å². The number of nitrogen functional groups attached to an aromatic ring is 2. The number of nitrogens with two attached hydrogens (primary N) is 2. The number of hydrogen-bond acceptors (Lipinski definition) is 4. The van der Waals surface area contributed by atoms with Gasteiger partial charge in [-0.2, -0.15) is 0 Å². The molecule has 106 valence electrons. The lowest BCUT2D eigenvalue weighted by atomic mass is 10.2. The highest BCUT2D eigenvalue weighted by Gasteiger charge is 1.98. The predicted molar refractivity (Wildman–Crippen MR) is 81.9 cm³/mol. The van der Waals surface area contributed by atoms with E-state index in [0.717, 1.165) is 24.3 Å². The van der Waals surface area contributed by atoms with E-state index in [2.05, 4.69) is 0 Å². The van der Waals surface area contributed by atoms with Gasteiger partial charge in [-0.05, 0) is 37.1 Å². The summed E-state index contributed by atoms with van der Waals surface area (Å²) < 4.78 is 11.2. The maximum Gasteiger partial charge on any atom is 0.121 e. The largest absolute Gasteiger partial charge is 0.494 e. The molecule has 0 aromatic heterocycles. The number of ether oxygens (including phenoxy) is 2. The van der Waals surface area contributed by atoms with Crippen LogP contribution in [0.2, 0.25) is 0 Å². The summed E-state index contributed by atoms with van der Waals surface area (Å²) in [4.78, 5) is 0. The van der Waals surface area contributed by atoms with Gasteiger partial charge in [0.05, 0.1) is 24.6 Å². The van der Waals surface area contributed by atoms with Crippen LogP contribution in [0.15, 0.2) is 48.5 Å². The second-order valence-corrected chi connectivity index (χ2v) is 4.51. The first-order chi connectivity index (χ1) is 9.75. The van der Waals surface area contributed by atoms with E-state index in [1.807, 2.05) is 36.4 Å². The molecule has 2 rings (SSSR count). The standard InChI is InChI=1S/C16H20N2O2/c17-15-9-8-14(12-16(15)18)20-11-5-4-10-19-13-6-2-1-3-7-13/h1-3,6-9,12H,4-5,10-11,17-18H2. The quantitative estimate of drug-likeness (QED) is 0.600. The summed E-state index contributed by atoms with van der Waals surface area (Å²) in [6.45, 7) is 1.33. The van der Waals surface area contributed by atoms with Gasteiger partial charge in [-0.25, -0.2) is 0 Å². The minimum absolute atomic E-state index is 0.551. The molecule has 0 radical (unpaired) electrons. The van der Waals surface area contributed by atoms with Crippen molar-refractivity contribution in [3.63, 3.8) is 0 Å². The van der Waals surface area contributed by atoms with Crippen molar-refractivity contribution < 1.29 is 9.47 Å². The normalized spacial score (nSPS) is 10.2. The highest BCUT2D eigenvalue weighted by molar-refractivity contribution is 5.65. The fourth-order valence-corrected chi connectivity index (χ4v) is 1.74. The molecule has 0 heterocycles. The summed E-state index contributed by atoms with van der Waals surface area (Å²) in [6, 6.07) is 15.1. The molecule has 2 aromatic rings. The van der Waals surface area contributed by atoms with Gasteiger partial charge in [-0.3, -0.25) is 0 Å². The zero-order valence-corrected chi connectivity index (χ0v) is 11.4. The third-order valence-electron chi connectivity index (χ3n) is 2.88. The van der Waals surface area contributed by atoms with Crippen LogP contribution in [0, 0.1) is 0 Å². The van der Waals surface area contributed by atoms with Gasteiger partial charge in [0.1, 0.15) is 11.5 Å². The lowest BCUT2D eigenvalue weighted by Gasteiger charge is -2.09. The van der Waals surface area contributed by atoms with E-state index < -0.39 is 0 Å². The van der Waals surface area contributed by atoms with Crippen molar-refractivity contribution in [1.29, 1.82) is 0 Å². The monoisotopic (exact) mass is 272 g/mol. The molecule has 0 aliphatic heterocycles. The molecule has 20 heavy (non-hydrogen) atoms. The Balaban J connectivity index is 1.61. The lowest BCUT2D eigenvalue weighted by molar-refractivity contribution is 0.266. The Labute approximate surface area is 119 Å². The zero-order chi connectivity index (χ0) is 14.2. The Hall–Kier alpha value is -2.36. The van der Waals surface area contributed by atoms with Crippen LogP contribution in [0.1, 0.15) is 12.8 Å². The van der Waals surface area contributed by atoms with Crippen molar-refractivity contribution in [1.82, 2.24) is 0 Å². The molecule has 0 aliphatic carbocycles. The maximum absolute atomic E-state index is 5.71. The van der Waals surface area contributed by atoms with Crippen molar-refractivity contribution in [2.24, 2.45) is 0 Å². The number of hydrogen-bond donors (Lipinski definition) is 2. The van der Waals surface area contributed by atoms with E-state index in [4.69, 9.17) is 20.9 Å². The Bertz CT molecular complexity index is 529. The third-order valence-corrected chi connectivity index (χ3v) is 2.88. The fraction of sp³-hybridized carbons (Fsp3) is 0.250. The predicted octanol–water partition coefficient (Wildman–Crippen LogP) is 3.09. The van der Waals surface area contributed by atoms with Crippen LogP contribution >= 0.6 is 0 Å². The Morgan fingerprint density at radius 1 is 0.700 bits per heavy atom. The summed E-state index contributed by atoms with van der Waals surface area (Å²) in [7, 11) is 0. The van der Waals surface area contributed by atoms with Gasteiger partial charge < -0.3 is 20.9 Å². The van der Waals surface area contributed by atoms with Gasteiger partial charge in [-0.1, -0.05) is 18.2 Å². The average Bonchev–Trinajstić information content (AvgIpc) is 2.47. The van der Waals surface area contributed by atoms with Gasteiger partial charge in [0.25, 0.3) is 0 Å². The highest BCUT2D eigenvalue weighted by Crippen LogP contribution is 2.21. The maximum atomic E-state index is 5.71. The van der Waals surface area contributed by atoms with E-state index in [1.165, 1.54) is 0 Å². The summed E-state index contributed by atoms with van der Waals surface area (Å²) in [5.74, 6) is 1.65. The van der Waals surface area contributed by atoms with Crippen molar-refractivity contribution in [3.8, 4) is 11.5 Å². The molecule has 0 saturated carbocycles. The molecular formula is C16H20N2O2. The molecule has 0 fully saturated rings. The molecule has 2 aromatic carbocycles. The SMILES string of the molecule is Nc1ccc(OCCCCOc2ccccc2)cc1N. The van der Waals surface area contributed by atoms with Crippen LogP contribution in [0.3, 0.4) is 0 Å². The van der Waals surface area contributed by atoms with Crippen LogP contribution < -0.4 is 20.9 Å². The first kappa shape index (κ1) is 14.1. The second kappa shape index (κ2) is 7.28. The molecule has 0 aliphatic rings. The number of rotatable bonds is 7. The van der Waals surface area contributed by atoms with Crippen LogP contribution in [0.25, 0.3) is 0 Å². The smallest absolute Gasteiger partial charge is 0.121 e. The van der Waals surface area contributed by atoms with Crippen molar-refractivity contribution >= 4 is 11.4 Å². The molecule has 4 heteroatoms. The molecule has 0 saturated heterocycles. The lowest BCUT2D eigenvalue weighted by Crippen LogP contribution is -2.03. The minimum atomic E-state index is 0.551. The molecule has 0 atom stereocenters. The van der Waals surface area contributed by atoms with Crippen LogP contribution in [-0.2, 0) is 0 Å². The van der Waals surface area contributed by atoms with Gasteiger partial charge in [0.2, 0.25) is 0 Å². The average molecular weight is 272 g/mol. The first-order valence-corrected chi connectivity index (χ1v) is 6.71. The number of benzene rings is 2.